The maximum atomic E-state index is 12.4. The third kappa shape index (κ3) is 7.95. The molecule has 6 heteroatoms. The Morgan fingerprint density at radius 3 is 2.11 bits per heavy atom. The van der Waals surface area contributed by atoms with Crippen LogP contribution in [0.2, 0.25) is 0 Å². The average molecular weight is 372 g/mol. The Balaban J connectivity index is 2.74. The first-order valence-electron chi connectivity index (χ1n) is 8.97. The quantitative estimate of drug-likeness (QED) is 0.377. The topological polar surface area (TPSA) is 79.6 Å². The molecule has 146 valence electrons. The number of nitriles is 1. The van der Waals surface area contributed by atoms with Crippen molar-refractivity contribution >= 4 is 18.0 Å². The van der Waals surface area contributed by atoms with Gasteiger partial charge in [0.2, 0.25) is 0 Å². The Morgan fingerprint density at radius 1 is 1.11 bits per heavy atom. The highest BCUT2D eigenvalue weighted by atomic mass is 16.5. The van der Waals surface area contributed by atoms with Gasteiger partial charge in [-0.15, -0.1) is 0 Å². The van der Waals surface area contributed by atoms with Gasteiger partial charge in [0.25, 0.3) is 5.91 Å². The fourth-order valence-corrected chi connectivity index (χ4v) is 2.46. The minimum atomic E-state index is -0.810. The van der Waals surface area contributed by atoms with E-state index in [0.717, 1.165) is 0 Å². The second-order valence-electron chi connectivity index (χ2n) is 7.11. The Morgan fingerprint density at radius 2 is 1.67 bits per heavy atom. The smallest absolute Gasteiger partial charge is 0.349 e. The van der Waals surface area contributed by atoms with Gasteiger partial charge < -0.3 is 14.4 Å². The first-order chi connectivity index (χ1) is 12.8. The van der Waals surface area contributed by atoms with Crippen LogP contribution in [-0.4, -0.2) is 43.6 Å². The fourth-order valence-electron chi connectivity index (χ4n) is 2.46. The third-order valence-corrected chi connectivity index (χ3v) is 3.62. The monoisotopic (exact) mass is 372 g/mol. The molecule has 1 amide bonds. The second-order valence-corrected chi connectivity index (χ2v) is 7.11. The zero-order chi connectivity index (χ0) is 20.4. The molecule has 1 aromatic rings. The Labute approximate surface area is 161 Å². The minimum Gasteiger partial charge on any atom is -0.497 e. The number of esters is 1. The number of ether oxygens (including phenoxy) is 2. The molecular formula is C21H28N2O4. The van der Waals surface area contributed by atoms with E-state index in [2.05, 4.69) is 0 Å². The molecule has 0 unspecified atom stereocenters. The first-order valence-corrected chi connectivity index (χ1v) is 8.97. The zero-order valence-corrected chi connectivity index (χ0v) is 16.7. The first kappa shape index (κ1) is 22.2. The van der Waals surface area contributed by atoms with Crippen LogP contribution in [0.25, 0.3) is 6.08 Å². The molecule has 0 heterocycles. The highest BCUT2D eigenvalue weighted by Crippen LogP contribution is 2.14. The number of hydrogen-bond donors (Lipinski definition) is 0. The third-order valence-electron chi connectivity index (χ3n) is 3.62. The zero-order valence-electron chi connectivity index (χ0n) is 16.7. The van der Waals surface area contributed by atoms with E-state index in [-0.39, 0.29) is 18.1 Å². The standard InChI is InChI=1S/C21H28N2O4/c1-15(2)12-23(13-16(3)4)20(24)14-27-21(25)18(11-22)10-17-6-8-19(26-5)9-7-17/h6-10,15-16H,12-14H2,1-5H3/b18-10+. The van der Waals surface area contributed by atoms with Gasteiger partial charge in [0.15, 0.2) is 6.61 Å². The van der Waals surface area contributed by atoms with E-state index in [4.69, 9.17) is 9.47 Å². The van der Waals surface area contributed by atoms with Crippen molar-refractivity contribution in [3.05, 3.63) is 35.4 Å². The van der Waals surface area contributed by atoms with Crippen molar-refractivity contribution < 1.29 is 19.1 Å². The fraction of sp³-hybridized carbons (Fsp3) is 0.476. The number of carbonyl (C=O) groups excluding carboxylic acids is 2. The van der Waals surface area contributed by atoms with Crippen molar-refractivity contribution in [1.82, 2.24) is 4.90 Å². The number of benzene rings is 1. The lowest BCUT2D eigenvalue weighted by molar-refractivity contribution is -0.149. The second kappa shape index (κ2) is 11.0. The highest BCUT2D eigenvalue weighted by molar-refractivity contribution is 5.98. The molecule has 0 aliphatic carbocycles. The summed E-state index contributed by atoms with van der Waals surface area (Å²) in [6, 6.07) is 8.73. The molecule has 0 saturated carbocycles. The summed E-state index contributed by atoms with van der Waals surface area (Å²) < 4.78 is 10.1. The number of nitrogens with zero attached hydrogens (tertiary/aromatic N) is 2. The molecule has 0 aliphatic rings. The van der Waals surface area contributed by atoms with Crippen LogP contribution in [0.5, 0.6) is 5.75 Å². The number of carbonyl (C=O) groups is 2. The normalized spacial score (nSPS) is 11.3. The minimum absolute atomic E-state index is 0.160. The van der Waals surface area contributed by atoms with E-state index < -0.39 is 5.97 Å². The van der Waals surface area contributed by atoms with Gasteiger partial charge >= 0.3 is 5.97 Å². The summed E-state index contributed by atoms with van der Waals surface area (Å²) in [7, 11) is 1.56. The maximum Gasteiger partial charge on any atom is 0.349 e. The van der Waals surface area contributed by atoms with Crippen LogP contribution in [0.1, 0.15) is 33.3 Å². The summed E-state index contributed by atoms with van der Waals surface area (Å²) in [5, 5.41) is 9.23. The van der Waals surface area contributed by atoms with Crippen LogP contribution in [-0.2, 0) is 14.3 Å². The van der Waals surface area contributed by atoms with Crippen molar-refractivity contribution in [2.24, 2.45) is 11.8 Å². The highest BCUT2D eigenvalue weighted by Gasteiger charge is 2.19. The van der Waals surface area contributed by atoms with Crippen LogP contribution >= 0.6 is 0 Å². The van der Waals surface area contributed by atoms with Gasteiger partial charge in [0.1, 0.15) is 17.4 Å². The van der Waals surface area contributed by atoms with Gasteiger partial charge in [-0.3, -0.25) is 4.79 Å². The van der Waals surface area contributed by atoms with Crippen molar-refractivity contribution in [3.63, 3.8) is 0 Å². The summed E-state index contributed by atoms with van der Waals surface area (Å²) >= 11 is 0. The lowest BCUT2D eigenvalue weighted by Crippen LogP contribution is -2.39. The lowest BCUT2D eigenvalue weighted by Gasteiger charge is -2.26. The molecule has 0 fully saturated rings. The van der Waals surface area contributed by atoms with Gasteiger partial charge in [0, 0.05) is 13.1 Å². The summed E-state index contributed by atoms with van der Waals surface area (Å²) in [6.07, 6.45) is 1.42. The molecule has 6 nitrogen and oxygen atoms in total. The predicted molar refractivity (Wildman–Crippen MR) is 104 cm³/mol. The van der Waals surface area contributed by atoms with Crippen LogP contribution in [0.3, 0.4) is 0 Å². The molecule has 0 radical (unpaired) electrons. The molecular weight excluding hydrogens is 344 g/mol. The summed E-state index contributed by atoms with van der Waals surface area (Å²) in [6.45, 7) is 8.93. The van der Waals surface area contributed by atoms with Crippen molar-refractivity contribution in [1.29, 1.82) is 5.26 Å². The van der Waals surface area contributed by atoms with Crippen LogP contribution in [0.4, 0.5) is 0 Å². The predicted octanol–water partition coefficient (Wildman–Crippen LogP) is 3.29. The molecule has 0 aliphatic heterocycles. The molecule has 0 aromatic heterocycles. The van der Waals surface area contributed by atoms with E-state index in [1.54, 1.807) is 36.3 Å². The van der Waals surface area contributed by atoms with Crippen LogP contribution in [0.15, 0.2) is 29.8 Å². The van der Waals surface area contributed by atoms with E-state index in [1.807, 2.05) is 33.8 Å². The average Bonchev–Trinajstić information content (AvgIpc) is 2.63. The number of methoxy groups -OCH3 is 1. The van der Waals surface area contributed by atoms with Gasteiger partial charge in [-0.25, -0.2) is 4.79 Å². The maximum absolute atomic E-state index is 12.4. The largest absolute Gasteiger partial charge is 0.497 e. The summed E-state index contributed by atoms with van der Waals surface area (Å²) in [5.74, 6) is 0.235. The number of amides is 1. The van der Waals surface area contributed by atoms with Crippen LogP contribution in [0, 0.1) is 23.2 Å². The van der Waals surface area contributed by atoms with Crippen molar-refractivity contribution in [3.8, 4) is 11.8 Å². The molecule has 1 rings (SSSR count). The molecule has 0 saturated heterocycles. The molecule has 0 bridgehead atoms. The summed E-state index contributed by atoms with van der Waals surface area (Å²) in [5.41, 5.74) is 0.504. The van der Waals surface area contributed by atoms with Gasteiger partial charge in [-0.05, 0) is 35.6 Å². The van der Waals surface area contributed by atoms with Crippen molar-refractivity contribution in [2.75, 3.05) is 26.8 Å². The van der Waals surface area contributed by atoms with Crippen molar-refractivity contribution in [2.45, 2.75) is 27.7 Å². The van der Waals surface area contributed by atoms with Gasteiger partial charge in [0.05, 0.1) is 7.11 Å². The molecule has 0 N–H and O–H groups in total. The van der Waals surface area contributed by atoms with E-state index in [9.17, 15) is 14.9 Å². The molecule has 0 spiro atoms. The number of hydrogen-bond acceptors (Lipinski definition) is 5. The van der Waals surface area contributed by atoms with E-state index in [1.165, 1.54) is 6.08 Å². The van der Waals surface area contributed by atoms with Gasteiger partial charge in [-0.1, -0.05) is 39.8 Å². The SMILES string of the molecule is COc1ccc(/C=C(\C#N)C(=O)OCC(=O)N(CC(C)C)CC(C)C)cc1. The van der Waals surface area contributed by atoms with E-state index in [0.29, 0.717) is 36.2 Å². The van der Waals surface area contributed by atoms with Crippen LogP contribution < -0.4 is 4.74 Å². The Kier molecular flexibility index (Phi) is 9.07. The lowest BCUT2D eigenvalue weighted by atomic mass is 10.1. The molecule has 1 aromatic carbocycles. The Hall–Kier alpha value is -2.81. The molecule has 27 heavy (non-hydrogen) atoms. The van der Waals surface area contributed by atoms with E-state index >= 15 is 0 Å². The summed E-state index contributed by atoms with van der Waals surface area (Å²) in [4.78, 5) is 26.3. The Bertz CT molecular complexity index is 690. The van der Waals surface area contributed by atoms with Gasteiger partial charge in [-0.2, -0.15) is 5.26 Å². The molecule has 0 atom stereocenters. The number of rotatable bonds is 9.